The molecule has 1 aromatic carbocycles. The Morgan fingerprint density at radius 1 is 1.40 bits per heavy atom. The first-order valence-corrected chi connectivity index (χ1v) is 5.27. The lowest BCUT2D eigenvalue weighted by atomic mass is 10.1. The van der Waals surface area contributed by atoms with Crippen LogP contribution >= 0.6 is 0 Å². The highest BCUT2D eigenvalue weighted by Crippen LogP contribution is 2.17. The minimum absolute atomic E-state index is 0.274. The lowest BCUT2D eigenvalue weighted by molar-refractivity contribution is 0.183. The van der Waals surface area contributed by atoms with E-state index in [0.29, 0.717) is 12.3 Å². The van der Waals surface area contributed by atoms with Crippen molar-refractivity contribution in [1.82, 2.24) is 5.32 Å². The molecule has 0 fully saturated rings. The molecule has 0 amide bonds. The third-order valence-corrected chi connectivity index (χ3v) is 2.29. The predicted molar refractivity (Wildman–Crippen MR) is 60.8 cm³/mol. The van der Waals surface area contributed by atoms with Crippen molar-refractivity contribution in [2.75, 3.05) is 6.54 Å². The van der Waals surface area contributed by atoms with E-state index in [1.807, 2.05) is 19.1 Å². The fourth-order valence-corrected chi connectivity index (χ4v) is 1.39. The topological polar surface area (TPSA) is 52.5 Å². The molecule has 84 valence electrons. The molecule has 3 heteroatoms. The average Bonchev–Trinajstić information content (AvgIpc) is 2.17. The van der Waals surface area contributed by atoms with Gasteiger partial charge in [-0.05, 0) is 32.9 Å². The van der Waals surface area contributed by atoms with Crippen LogP contribution in [-0.2, 0) is 6.54 Å². The van der Waals surface area contributed by atoms with E-state index < -0.39 is 0 Å². The van der Waals surface area contributed by atoms with Gasteiger partial charge in [0.25, 0.3) is 0 Å². The third kappa shape index (κ3) is 4.32. The summed E-state index contributed by atoms with van der Waals surface area (Å²) in [4.78, 5) is 0. The van der Waals surface area contributed by atoms with Gasteiger partial charge in [0.05, 0.1) is 6.10 Å². The fraction of sp³-hybridized carbons (Fsp3) is 0.500. The molecule has 0 saturated heterocycles. The Kier molecular flexibility index (Phi) is 4.59. The molecule has 1 atom stereocenters. The molecular formula is C12H19NO2. The Morgan fingerprint density at radius 3 is 2.80 bits per heavy atom. The van der Waals surface area contributed by atoms with Crippen molar-refractivity contribution in [1.29, 1.82) is 0 Å². The summed E-state index contributed by atoms with van der Waals surface area (Å²) in [6, 6.07) is 5.56. The van der Waals surface area contributed by atoms with Gasteiger partial charge in [0.1, 0.15) is 5.75 Å². The first kappa shape index (κ1) is 12.0. The highest BCUT2D eigenvalue weighted by atomic mass is 16.3. The number of phenols is 1. The number of aromatic hydroxyl groups is 1. The molecule has 0 aliphatic rings. The summed E-state index contributed by atoms with van der Waals surface area (Å²) in [5.74, 6) is 0.324. The standard InChI is InChI=1S/C12H19NO2/c1-9-3-4-12(15)11(7-9)8-13-6-5-10(2)14/h3-4,7,10,13-15H,5-6,8H2,1-2H3. The second-order valence-corrected chi connectivity index (χ2v) is 3.95. The van der Waals surface area contributed by atoms with Crippen molar-refractivity contribution in [3.05, 3.63) is 29.3 Å². The van der Waals surface area contributed by atoms with Gasteiger partial charge in [0.15, 0.2) is 0 Å². The summed E-state index contributed by atoms with van der Waals surface area (Å²) in [6.07, 6.45) is 0.454. The number of phenolic OH excluding ortho intramolecular Hbond substituents is 1. The molecule has 0 bridgehead atoms. The van der Waals surface area contributed by atoms with Gasteiger partial charge >= 0.3 is 0 Å². The van der Waals surface area contributed by atoms with E-state index >= 15 is 0 Å². The number of aryl methyl sites for hydroxylation is 1. The van der Waals surface area contributed by atoms with Crippen LogP contribution in [0, 0.1) is 6.92 Å². The second kappa shape index (κ2) is 5.73. The Balaban J connectivity index is 2.40. The molecule has 1 rings (SSSR count). The van der Waals surface area contributed by atoms with Crippen LogP contribution in [0.15, 0.2) is 18.2 Å². The van der Waals surface area contributed by atoms with Crippen LogP contribution in [0.5, 0.6) is 5.75 Å². The smallest absolute Gasteiger partial charge is 0.120 e. The normalized spacial score (nSPS) is 12.7. The SMILES string of the molecule is Cc1ccc(O)c(CNCCC(C)O)c1. The van der Waals surface area contributed by atoms with Crippen molar-refractivity contribution >= 4 is 0 Å². The van der Waals surface area contributed by atoms with Crippen molar-refractivity contribution < 1.29 is 10.2 Å². The Hall–Kier alpha value is -1.06. The number of aliphatic hydroxyl groups excluding tert-OH is 1. The highest BCUT2D eigenvalue weighted by molar-refractivity contribution is 5.35. The summed E-state index contributed by atoms with van der Waals surface area (Å²) in [7, 11) is 0. The quantitative estimate of drug-likeness (QED) is 0.645. The van der Waals surface area contributed by atoms with Crippen LogP contribution in [0.1, 0.15) is 24.5 Å². The van der Waals surface area contributed by atoms with Crippen LogP contribution in [0.2, 0.25) is 0 Å². The van der Waals surface area contributed by atoms with Crippen LogP contribution in [0.3, 0.4) is 0 Å². The molecule has 0 saturated carbocycles. The van der Waals surface area contributed by atoms with E-state index in [1.165, 1.54) is 0 Å². The number of hydrogen-bond donors (Lipinski definition) is 3. The summed E-state index contributed by atoms with van der Waals surface area (Å²) in [6.45, 7) is 5.16. The van der Waals surface area contributed by atoms with Crippen LogP contribution < -0.4 is 5.32 Å². The fourth-order valence-electron chi connectivity index (χ4n) is 1.39. The molecule has 0 aliphatic heterocycles. The molecule has 3 nitrogen and oxygen atoms in total. The van der Waals surface area contributed by atoms with Crippen molar-refractivity contribution in [3.8, 4) is 5.75 Å². The Bertz CT molecular complexity index is 310. The van der Waals surface area contributed by atoms with Crippen LogP contribution in [-0.4, -0.2) is 22.9 Å². The van der Waals surface area contributed by atoms with E-state index in [2.05, 4.69) is 5.32 Å². The highest BCUT2D eigenvalue weighted by Gasteiger charge is 2.01. The number of nitrogens with one attached hydrogen (secondary N) is 1. The molecule has 0 aromatic heterocycles. The number of aliphatic hydroxyl groups is 1. The van der Waals surface area contributed by atoms with Crippen LogP contribution in [0.25, 0.3) is 0 Å². The summed E-state index contributed by atoms with van der Waals surface area (Å²) in [5.41, 5.74) is 2.04. The van der Waals surface area contributed by atoms with E-state index in [4.69, 9.17) is 5.11 Å². The summed E-state index contributed by atoms with van der Waals surface area (Å²) < 4.78 is 0. The molecule has 0 heterocycles. The van der Waals surface area contributed by atoms with Gasteiger partial charge in [-0.2, -0.15) is 0 Å². The van der Waals surface area contributed by atoms with E-state index in [9.17, 15) is 5.11 Å². The zero-order valence-electron chi connectivity index (χ0n) is 9.33. The molecular weight excluding hydrogens is 190 g/mol. The van der Waals surface area contributed by atoms with E-state index in [1.54, 1.807) is 13.0 Å². The molecule has 0 aliphatic carbocycles. The minimum Gasteiger partial charge on any atom is -0.508 e. The maximum atomic E-state index is 9.55. The Morgan fingerprint density at radius 2 is 2.13 bits per heavy atom. The Labute approximate surface area is 90.8 Å². The molecule has 1 aromatic rings. The molecule has 15 heavy (non-hydrogen) atoms. The van der Waals surface area contributed by atoms with Gasteiger partial charge in [-0.1, -0.05) is 17.7 Å². The number of hydrogen-bond acceptors (Lipinski definition) is 3. The van der Waals surface area contributed by atoms with Gasteiger partial charge in [0, 0.05) is 12.1 Å². The lowest BCUT2D eigenvalue weighted by Crippen LogP contribution is -2.18. The summed E-state index contributed by atoms with van der Waals surface area (Å²) >= 11 is 0. The van der Waals surface area contributed by atoms with Gasteiger partial charge in [-0.15, -0.1) is 0 Å². The minimum atomic E-state index is -0.274. The third-order valence-electron chi connectivity index (χ3n) is 2.29. The lowest BCUT2D eigenvalue weighted by Gasteiger charge is -2.08. The van der Waals surface area contributed by atoms with Crippen molar-refractivity contribution in [3.63, 3.8) is 0 Å². The first-order chi connectivity index (χ1) is 7.09. The van der Waals surface area contributed by atoms with Crippen molar-refractivity contribution in [2.24, 2.45) is 0 Å². The average molecular weight is 209 g/mol. The number of benzene rings is 1. The van der Waals surface area contributed by atoms with Gasteiger partial charge < -0.3 is 15.5 Å². The maximum Gasteiger partial charge on any atom is 0.120 e. The zero-order chi connectivity index (χ0) is 11.3. The van der Waals surface area contributed by atoms with E-state index in [-0.39, 0.29) is 6.10 Å². The first-order valence-electron chi connectivity index (χ1n) is 5.27. The molecule has 3 N–H and O–H groups in total. The van der Waals surface area contributed by atoms with Crippen LogP contribution in [0.4, 0.5) is 0 Å². The zero-order valence-corrected chi connectivity index (χ0v) is 9.33. The monoisotopic (exact) mass is 209 g/mol. The van der Waals surface area contributed by atoms with Gasteiger partial charge in [0.2, 0.25) is 0 Å². The maximum absolute atomic E-state index is 9.55. The number of rotatable bonds is 5. The molecule has 0 radical (unpaired) electrons. The van der Waals surface area contributed by atoms with Gasteiger partial charge in [-0.3, -0.25) is 0 Å². The molecule has 0 spiro atoms. The van der Waals surface area contributed by atoms with E-state index in [0.717, 1.165) is 24.1 Å². The van der Waals surface area contributed by atoms with Gasteiger partial charge in [-0.25, -0.2) is 0 Å². The van der Waals surface area contributed by atoms with Crippen molar-refractivity contribution in [2.45, 2.75) is 32.9 Å². The largest absolute Gasteiger partial charge is 0.508 e. The molecule has 1 unspecified atom stereocenters. The summed E-state index contributed by atoms with van der Waals surface area (Å²) in [5, 5.41) is 21.8. The second-order valence-electron chi connectivity index (χ2n) is 3.95. The predicted octanol–water partition coefficient (Wildman–Crippen LogP) is 1.56.